The molecule has 0 unspecified atom stereocenters. The number of aromatic nitrogens is 1. The number of hydrogen-bond acceptors (Lipinski definition) is 2. The highest BCUT2D eigenvalue weighted by molar-refractivity contribution is 6.04. The van der Waals surface area contributed by atoms with Gasteiger partial charge in [0, 0.05) is 11.9 Å². The van der Waals surface area contributed by atoms with Crippen LogP contribution in [0.4, 0.5) is 10.1 Å². The van der Waals surface area contributed by atoms with Crippen molar-refractivity contribution in [2.24, 2.45) is 0 Å². The highest BCUT2D eigenvalue weighted by Crippen LogP contribution is 2.24. The van der Waals surface area contributed by atoms with E-state index in [0.29, 0.717) is 5.69 Å². The van der Waals surface area contributed by atoms with E-state index in [1.54, 1.807) is 12.1 Å². The molecular formula is C19H15FN2O. The van der Waals surface area contributed by atoms with Crippen molar-refractivity contribution in [2.45, 2.75) is 6.92 Å². The molecule has 0 fully saturated rings. The van der Waals surface area contributed by atoms with Crippen LogP contribution in [0.1, 0.15) is 15.9 Å². The van der Waals surface area contributed by atoms with Crippen molar-refractivity contribution in [3.63, 3.8) is 0 Å². The van der Waals surface area contributed by atoms with Crippen molar-refractivity contribution in [3.05, 3.63) is 83.9 Å². The highest BCUT2D eigenvalue weighted by Gasteiger charge is 2.11. The van der Waals surface area contributed by atoms with Crippen molar-refractivity contribution in [1.29, 1.82) is 0 Å². The summed E-state index contributed by atoms with van der Waals surface area (Å²) in [7, 11) is 0. The van der Waals surface area contributed by atoms with E-state index in [0.717, 1.165) is 17.3 Å². The number of anilines is 1. The molecule has 1 aromatic heterocycles. The van der Waals surface area contributed by atoms with Crippen LogP contribution in [0, 0.1) is 12.7 Å². The lowest BCUT2D eigenvalue weighted by Gasteiger charge is -2.09. The molecule has 4 heteroatoms. The lowest BCUT2D eigenvalue weighted by molar-refractivity contribution is 0.102. The number of aryl methyl sites for hydroxylation is 1. The van der Waals surface area contributed by atoms with Crippen molar-refractivity contribution < 1.29 is 9.18 Å². The van der Waals surface area contributed by atoms with Crippen LogP contribution in [0.25, 0.3) is 11.1 Å². The first-order valence-corrected chi connectivity index (χ1v) is 7.22. The maximum absolute atomic E-state index is 13.5. The first-order chi connectivity index (χ1) is 11.1. The number of amides is 1. The molecule has 0 aliphatic carbocycles. The summed E-state index contributed by atoms with van der Waals surface area (Å²) in [5, 5.41) is 2.69. The molecule has 0 saturated heterocycles. The first-order valence-electron chi connectivity index (χ1n) is 7.22. The van der Waals surface area contributed by atoms with Crippen molar-refractivity contribution in [3.8, 4) is 11.1 Å². The zero-order chi connectivity index (χ0) is 16.2. The lowest BCUT2D eigenvalue weighted by Crippen LogP contribution is -2.13. The standard InChI is InChI=1S/C19H15FN2O/c1-13-4-2-3-5-16(13)14-6-8-15(9-7-14)22-19(23)17-10-11-21-12-18(17)20/h2-12H,1H3,(H,22,23). The smallest absolute Gasteiger partial charge is 0.258 e. The number of nitrogens with zero attached hydrogens (tertiary/aromatic N) is 1. The van der Waals surface area contributed by atoms with E-state index >= 15 is 0 Å². The van der Waals surface area contributed by atoms with Crippen molar-refractivity contribution in [1.82, 2.24) is 4.98 Å². The van der Waals surface area contributed by atoms with Gasteiger partial charge in [0.2, 0.25) is 0 Å². The third kappa shape index (κ3) is 3.26. The Morgan fingerprint density at radius 1 is 1.04 bits per heavy atom. The van der Waals surface area contributed by atoms with E-state index in [9.17, 15) is 9.18 Å². The van der Waals surface area contributed by atoms with Crippen LogP contribution in [-0.2, 0) is 0 Å². The molecule has 0 aliphatic heterocycles. The normalized spacial score (nSPS) is 10.3. The van der Waals surface area contributed by atoms with Crippen LogP contribution in [0.5, 0.6) is 0 Å². The fourth-order valence-electron chi connectivity index (χ4n) is 2.39. The van der Waals surface area contributed by atoms with Gasteiger partial charge in [0.15, 0.2) is 5.82 Å². The van der Waals surface area contributed by atoms with Gasteiger partial charge in [-0.15, -0.1) is 0 Å². The van der Waals surface area contributed by atoms with Gasteiger partial charge in [0.25, 0.3) is 5.91 Å². The van der Waals surface area contributed by atoms with Crippen LogP contribution in [-0.4, -0.2) is 10.9 Å². The largest absolute Gasteiger partial charge is 0.322 e. The molecule has 23 heavy (non-hydrogen) atoms. The number of benzene rings is 2. The summed E-state index contributed by atoms with van der Waals surface area (Å²) in [5.41, 5.74) is 3.98. The van der Waals surface area contributed by atoms with Crippen molar-refractivity contribution >= 4 is 11.6 Å². The zero-order valence-electron chi connectivity index (χ0n) is 12.6. The molecular weight excluding hydrogens is 291 g/mol. The summed E-state index contributed by atoms with van der Waals surface area (Å²) in [6, 6.07) is 16.9. The Kier molecular flexibility index (Phi) is 4.15. The third-order valence-electron chi connectivity index (χ3n) is 3.62. The third-order valence-corrected chi connectivity index (χ3v) is 3.62. The number of halogens is 1. The van der Waals surface area contributed by atoms with Crippen LogP contribution in [0.2, 0.25) is 0 Å². The van der Waals surface area contributed by atoms with Gasteiger partial charge in [0.05, 0.1) is 11.8 Å². The van der Waals surface area contributed by atoms with Crippen LogP contribution in [0.15, 0.2) is 67.0 Å². The maximum atomic E-state index is 13.5. The van der Waals surface area contributed by atoms with Gasteiger partial charge in [0.1, 0.15) is 0 Å². The number of hydrogen-bond donors (Lipinski definition) is 1. The average molecular weight is 306 g/mol. The minimum atomic E-state index is -0.637. The van der Waals surface area contributed by atoms with Crippen molar-refractivity contribution in [2.75, 3.05) is 5.32 Å². The molecule has 0 radical (unpaired) electrons. The topological polar surface area (TPSA) is 42.0 Å². The minimum absolute atomic E-state index is 0.0250. The summed E-state index contributed by atoms with van der Waals surface area (Å²) in [6.07, 6.45) is 2.41. The summed E-state index contributed by atoms with van der Waals surface area (Å²) < 4.78 is 13.5. The quantitative estimate of drug-likeness (QED) is 0.777. The SMILES string of the molecule is Cc1ccccc1-c1ccc(NC(=O)c2ccncc2F)cc1. The van der Waals surface area contributed by atoms with Gasteiger partial charge in [-0.1, -0.05) is 36.4 Å². The Morgan fingerprint density at radius 2 is 1.78 bits per heavy atom. The van der Waals surface area contributed by atoms with Gasteiger partial charge in [-0.3, -0.25) is 9.78 Å². The van der Waals surface area contributed by atoms with E-state index < -0.39 is 11.7 Å². The molecule has 3 nitrogen and oxygen atoms in total. The number of carbonyl (C=O) groups is 1. The summed E-state index contributed by atoms with van der Waals surface area (Å²) in [5.74, 6) is -1.13. The molecule has 1 amide bonds. The van der Waals surface area contributed by atoms with E-state index in [2.05, 4.69) is 29.4 Å². The van der Waals surface area contributed by atoms with Gasteiger partial charge in [-0.25, -0.2) is 4.39 Å². The van der Waals surface area contributed by atoms with E-state index in [1.165, 1.54) is 17.8 Å². The molecule has 0 aliphatic rings. The van der Waals surface area contributed by atoms with E-state index in [-0.39, 0.29) is 5.56 Å². The zero-order valence-corrected chi connectivity index (χ0v) is 12.6. The van der Waals surface area contributed by atoms with Crippen LogP contribution < -0.4 is 5.32 Å². The number of rotatable bonds is 3. The lowest BCUT2D eigenvalue weighted by atomic mass is 10.0. The molecule has 3 rings (SSSR count). The van der Waals surface area contributed by atoms with Gasteiger partial charge < -0.3 is 5.32 Å². The predicted molar refractivity (Wildman–Crippen MR) is 88.8 cm³/mol. The number of pyridine rings is 1. The fraction of sp³-hybridized carbons (Fsp3) is 0.0526. The Hall–Kier alpha value is -3.01. The van der Waals surface area contributed by atoms with Gasteiger partial charge >= 0.3 is 0 Å². The van der Waals surface area contributed by atoms with E-state index in [1.807, 2.05) is 24.3 Å². The fourth-order valence-corrected chi connectivity index (χ4v) is 2.39. The molecule has 3 aromatic rings. The Morgan fingerprint density at radius 3 is 2.48 bits per heavy atom. The second-order valence-electron chi connectivity index (χ2n) is 5.20. The van der Waals surface area contributed by atoms with E-state index in [4.69, 9.17) is 0 Å². The summed E-state index contributed by atoms with van der Waals surface area (Å²) in [4.78, 5) is 15.7. The molecule has 0 spiro atoms. The maximum Gasteiger partial charge on any atom is 0.258 e. The minimum Gasteiger partial charge on any atom is -0.322 e. The summed E-state index contributed by atoms with van der Waals surface area (Å²) >= 11 is 0. The molecule has 2 aromatic carbocycles. The Labute approximate surface area is 133 Å². The summed E-state index contributed by atoms with van der Waals surface area (Å²) in [6.45, 7) is 2.05. The van der Waals surface area contributed by atoms with Crippen LogP contribution in [0.3, 0.4) is 0 Å². The Bertz CT molecular complexity index is 844. The second-order valence-corrected chi connectivity index (χ2v) is 5.20. The molecule has 114 valence electrons. The van der Waals surface area contributed by atoms with Gasteiger partial charge in [-0.05, 0) is 41.8 Å². The van der Waals surface area contributed by atoms with Gasteiger partial charge in [-0.2, -0.15) is 0 Å². The molecule has 0 bridgehead atoms. The van der Waals surface area contributed by atoms with Crippen LogP contribution >= 0.6 is 0 Å². The first kappa shape index (κ1) is 14.9. The monoisotopic (exact) mass is 306 g/mol. The Balaban J connectivity index is 1.80. The average Bonchev–Trinajstić information content (AvgIpc) is 2.56. The second kappa shape index (κ2) is 6.40. The molecule has 0 saturated carbocycles. The predicted octanol–water partition coefficient (Wildman–Crippen LogP) is 4.45. The highest BCUT2D eigenvalue weighted by atomic mass is 19.1. The molecule has 1 N–H and O–H groups in total. The number of carbonyl (C=O) groups excluding carboxylic acids is 1. The number of nitrogens with one attached hydrogen (secondary N) is 1. The molecule has 1 heterocycles. The molecule has 0 atom stereocenters.